The molecular weight excluding hydrogens is 304 g/mol. The lowest BCUT2D eigenvalue weighted by atomic mass is 9.76. The van der Waals surface area contributed by atoms with E-state index < -0.39 is 5.41 Å². The van der Waals surface area contributed by atoms with Crippen LogP contribution in [0.3, 0.4) is 0 Å². The number of ether oxygens (including phenoxy) is 1. The van der Waals surface area contributed by atoms with Gasteiger partial charge in [0.1, 0.15) is 0 Å². The first kappa shape index (κ1) is 17.0. The van der Waals surface area contributed by atoms with Gasteiger partial charge < -0.3 is 15.0 Å². The van der Waals surface area contributed by atoms with Crippen LogP contribution in [0.1, 0.15) is 36.8 Å². The molecule has 0 unspecified atom stereocenters. The number of nitrogens with zero attached hydrogens (tertiary/aromatic N) is 1. The number of rotatable bonds is 6. The summed E-state index contributed by atoms with van der Waals surface area (Å²) in [6.45, 7) is 3.76. The molecule has 1 N–H and O–H groups in total. The maximum atomic E-state index is 13.1. The molecular formula is C19H26N2O3. The molecule has 2 fully saturated rings. The Hall–Kier alpha value is -1.88. The van der Waals surface area contributed by atoms with Gasteiger partial charge in [-0.1, -0.05) is 29.8 Å². The Morgan fingerprint density at radius 3 is 3.00 bits per heavy atom. The number of fused-ring (bicyclic) bond motifs is 1. The fourth-order valence-electron chi connectivity index (χ4n) is 4.02. The molecule has 1 aromatic carbocycles. The number of aryl methyl sites for hydroxylation is 1. The van der Waals surface area contributed by atoms with E-state index in [1.54, 1.807) is 7.11 Å². The van der Waals surface area contributed by atoms with E-state index in [1.807, 2.05) is 30.0 Å². The van der Waals surface area contributed by atoms with Gasteiger partial charge in [-0.05, 0) is 31.7 Å². The lowest BCUT2D eigenvalue weighted by Crippen LogP contribution is -2.47. The number of hydrogen-bond donors (Lipinski definition) is 1. The Kier molecular flexibility index (Phi) is 4.90. The molecule has 3 rings (SSSR count). The van der Waals surface area contributed by atoms with Crippen molar-refractivity contribution in [3.8, 4) is 0 Å². The summed E-state index contributed by atoms with van der Waals surface area (Å²) in [4.78, 5) is 27.1. The monoisotopic (exact) mass is 330 g/mol. The van der Waals surface area contributed by atoms with Crippen LogP contribution in [-0.2, 0) is 19.7 Å². The van der Waals surface area contributed by atoms with E-state index in [2.05, 4.69) is 11.4 Å². The summed E-state index contributed by atoms with van der Waals surface area (Å²) < 4.78 is 5.05. The van der Waals surface area contributed by atoms with Crippen LogP contribution in [0, 0.1) is 6.92 Å². The molecule has 24 heavy (non-hydrogen) atoms. The van der Waals surface area contributed by atoms with Crippen molar-refractivity contribution < 1.29 is 14.3 Å². The quantitative estimate of drug-likeness (QED) is 0.809. The van der Waals surface area contributed by atoms with Crippen molar-refractivity contribution in [1.82, 2.24) is 10.2 Å². The number of carbonyl (C=O) groups is 2. The standard InChI is InChI=1S/C19H26N2O3/c1-14-5-3-6-15(11-14)19(18(23)20-9-4-10-24-2)12-16-7-8-17(22)21(16)13-19/h3,5-6,11,16H,4,7-10,12-13H2,1-2H3,(H,20,23)/t16-,19-/m0/s1. The topological polar surface area (TPSA) is 58.6 Å². The van der Waals surface area contributed by atoms with Crippen LogP contribution >= 0.6 is 0 Å². The van der Waals surface area contributed by atoms with Gasteiger partial charge >= 0.3 is 0 Å². The SMILES string of the molecule is COCCCNC(=O)[C@@]1(c2cccc(C)c2)C[C@@H]2CCC(=O)N2C1. The highest BCUT2D eigenvalue weighted by Gasteiger charge is 2.53. The minimum Gasteiger partial charge on any atom is -0.385 e. The van der Waals surface area contributed by atoms with Crippen LogP contribution in [0.15, 0.2) is 24.3 Å². The lowest BCUT2D eigenvalue weighted by molar-refractivity contribution is -0.129. The van der Waals surface area contributed by atoms with Crippen molar-refractivity contribution in [2.24, 2.45) is 0 Å². The highest BCUT2D eigenvalue weighted by molar-refractivity contribution is 5.91. The van der Waals surface area contributed by atoms with Crippen molar-refractivity contribution in [3.63, 3.8) is 0 Å². The average Bonchev–Trinajstić information content (AvgIpc) is 3.12. The van der Waals surface area contributed by atoms with Gasteiger partial charge in [-0.25, -0.2) is 0 Å². The van der Waals surface area contributed by atoms with Crippen molar-refractivity contribution >= 4 is 11.8 Å². The third-order valence-electron chi connectivity index (χ3n) is 5.29. The van der Waals surface area contributed by atoms with Crippen LogP contribution in [-0.4, -0.2) is 49.6 Å². The van der Waals surface area contributed by atoms with Crippen molar-refractivity contribution in [3.05, 3.63) is 35.4 Å². The Balaban J connectivity index is 1.85. The maximum absolute atomic E-state index is 13.1. The first-order valence-corrected chi connectivity index (χ1v) is 8.71. The summed E-state index contributed by atoms with van der Waals surface area (Å²) >= 11 is 0. The number of amides is 2. The summed E-state index contributed by atoms with van der Waals surface area (Å²) in [5.74, 6) is 0.216. The van der Waals surface area contributed by atoms with Gasteiger partial charge in [0.05, 0.1) is 5.41 Å². The molecule has 0 aromatic heterocycles. The molecule has 2 saturated heterocycles. The highest BCUT2D eigenvalue weighted by atomic mass is 16.5. The van der Waals surface area contributed by atoms with Crippen molar-refractivity contribution in [2.45, 2.75) is 44.1 Å². The van der Waals surface area contributed by atoms with E-state index in [0.717, 1.165) is 30.4 Å². The number of methoxy groups -OCH3 is 1. The lowest BCUT2D eigenvalue weighted by Gasteiger charge is -2.29. The summed E-state index contributed by atoms with van der Waals surface area (Å²) in [5, 5.41) is 3.07. The van der Waals surface area contributed by atoms with E-state index >= 15 is 0 Å². The largest absolute Gasteiger partial charge is 0.385 e. The summed E-state index contributed by atoms with van der Waals surface area (Å²) in [5.41, 5.74) is 1.53. The van der Waals surface area contributed by atoms with E-state index in [-0.39, 0.29) is 17.9 Å². The fourth-order valence-corrected chi connectivity index (χ4v) is 4.02. The van der Waals surface area contributed by atoms with Gasteiger partial charge in [0, 0.05) is 39.3 Å². The van der Waals surface area contributed by atoms with Crippen LogP contribution in [0.2, 0.25) is 0 Å². The normalized spacial score (nSPS) is 25.8. The van der Waals surface area contributed by atoms with Gasteiger partial charge in [-0.3, -0.25) is 9.59 Å². The van der Waals surface area contributed by atoms with E-state index in [1.165, 1.54) is 0 Å². The zero-order chi connectivity index (χ0) is 17.2. The number of nitrogens with one attached hydrogen (secondary N) is 1. The third kappa shape index (κ3) is 3.05. The van der Waals surface area contributed by atoms with Crippen LogP contribution in [0.5, 0.6) is 0 Å². The zero-order valence-corrected chi connectivity index (χ0v) is 14.5. The van der Waals surface area contributed by atoms with Gasteiger partial charge in [0.2, 0.25) is 11.8 Å². The number of benzene rings is 1. The molecule has 0 radical (unpaired) electrons. The Bertz CT molecular complexity index is 631. The predicted molar refractivity (Wildman–Crippen MR) is 91.7 cm³/mol. The minimum atomic E-state index is -0.625. The Morgan fingerprint density at radius 1 is 1.46 bits per heavy atom. The molecule has 5 nitrogen and oxygen atoms in total. The molecule has 2 amide bonds. The summed E-state index contributed by atoms with van der Waals surface area (Å²) in [7, 11) is 1.66. The highest BCUT2D eigenvalue weighted by Crippen LogP contribution is 2.43. The van der Waals surface area contributed by atoms with Crippen LogP contribution < -0.4 is 5.32 Å². The smallest absolute Gasteiger partial charge is 0.232 e. The average molecular weight is 330 g/mol. The van der Waals surface area contributed by atoms with Crippen LogP contribution in [0.4, 0.5) is 0 Å². The van der Waals surface area contributed by atoms with Gasteiger partial charge in [0.15, 0.2) is 0 Å². The molecule has 2 aliphatic rings. The second kappa shape index (κ2) is 6.93. The van der Waals surface area contributed by atoms with Gasteiger partial charge in [-0.15, -0.1) is 0 Å². The van der Waals surface area contributed by atoms with Crippen molar-refractivity contribution in [1.29, 1.82) is 0 Å². The second-order valence-corrected chi connectivity index (χ2v) is 6.97. The molecule has 2 atom stereocenters. The molecule has 0 aliphatic carbocycles. The molecule has 1 aromatic rings. The summed E-state index contributed by atoms with van der Waals surface area (Å²) in [6, 6.07) is 8.34. The van der Waals surface area contributed by atoms with E-state index in [9.17, 15) is 9.59 Å². The molecule has 130 valence electrons. The second-order valence-electron chi connectivity index (χ2n) is 6.97. The third-order valence-corrected chi connectivity index (χ3v) is 5.29. The Morgan fingerprint density at radius 2 is 2.29 bits per heavy atom. The molecule has 0 saturated carbocycles. The van der Waals surface area contributed by atoms with E-state index in [0.29, 0.717) is 26.1 Å². The first-order chi connectivity index (χ1) is 11.6. The van der Waals surface area contributed by atoms with Crippen LogP contribution in [0.25, 0.3) is 0 Å². The van der Waals surface area contributed by atoms with Crippen molar-refractivity contribution in [2.75, 3.05) is 26.8 Å². The predicted octanol–water partition coefficient (Wildman–Crippen LogP) is 1.78. The number of hydrogen-bond acceptors (Lipinski definition) is 3. The summed E-state index contributed by atoms with van der Waals surface area (Å²) in [6.07, 6.45) is 2.99. The Labute approximate surface area is 143 Å². The maximum Gasteiger partial charge on any atom is 0.232 e. The van der Waals surface area contributed by atoms with Gasteiger partial charge in [-0.2, -0.15) is 0 Å². The molecule has 2 aliphatic heterocycles. The minimum absolute atomic E-state index is 0.0337. The van der Waals surface area contributed by atoms with E-state index in [4.69, 9.17) is 4.74 Å². The molecule has 2 heterocycles. The molecule has 5 heteroatoms. The fraction of sp³-hybridized carbons (Fsp3) is 0.579. The zero-order valence-electron chi connectivity index (χ0n) is 14.5. The molecule has 0 spiro atoms. The number of carbonyl (C=O) groups excluding carboxylic acids is 2. The molecule has 0 bridgehead atoms. The van der Waals surface area contributed by atoms with Gasteiger partial charge in [0.25, 0.3) is 0 Å². The first-order valence-electron chi connectivity index (χ1n) is 8.71.